The fourth-order valence-corrected chi connectivity index (χ4v) is 2.20. The van der Waals surface area contributed by atoms with E-state index in [0.717, 1.165) is 5.25 Å². The van der Waals surface area contributed by atoms with Gasteiger partial charge < -0.3 is 0 Å². The third kappa shape index (κ3) is 1.28. The van der Waals surface area contributed by atoms with Crippen LogP contribution in [0.15, 0.2) is 12.2 Å². The van der Waals surface area contributed by atoms with Crippen molar-refractivity contribution >= 4 is 11.8 Å². The fourth-order valence-electron chi connectivity index (χ4n) is 0.966. The first kappa shape index (κ1) is 6.21. The lowest BCUT2D eigenvalue weighted by Crippen LogP contribution is -1.94. The van der Waals surface area contributed by atoms with Crippen LogP contribution in [0.2, 0.25) is 0 Å². The van der Waals surface area contributed by atoms with Crippen LogP contribution in [-0.2, 0) is 0 Å². The maximum Gasteiger partial charge on any atom is 0.0251 e. The van der Waals surface area contributed by atoms with E-state index in [1.54, 1.807) is 0 Å². The molecular weight excluding hydrogens is 116 g/mol. The molecule has 0 saturated carbocycles. The van der Waals surface area contributed by atoms with E-state index in [2.05, 4.69) is 25.3 Å². The first-order chi connectivity index (χ1) is 3.80. The molecule has 1 atom stereocenters. The molecule has 0 radical (unpaired) electrons. The molecule has 1 heterocycles. The highest BCUT2D eigenvalue weighted by atomic mass is 32.2. The standard InChI is InChI=1S/C7H12S/c1-6(2)7-4-3-5-8-7/h7H,1,3-5H2,2H3/t7-/m0/s1. The van der Waals surface area contributed by atoms with Crippen LogP contribution in [0.25, 0.3) is 0 Å². The summed E-state index contributed by atoms with van der Waals surface area (Å²) in [6.07, 6.45) is 2.75. The summed E-state index contributed by atoms with van der Waals surface area (Å²) >= 11 is 2.05. The van der Waals surface area contributed by atoms with Gasteiger partial charge in [0.25, 0.3) is 0 Å². The molecule has 0 aromatic heterocycles. The molecule has 0 N–H and O–H groups in total. The number of hydrogen-bond acceptors (Lipinski definition) is 1. The van der Waals surface area contributed by atoms with Gasteiger partial charge in [0, 0.05) is 5.25 Å². The number of rotatable bonds is 1. The Morgan fingerprint density at radius 2 is 2.50 bits per heavy atom. The molecule has 0 unspecified atom stereocenters. The van der Waals surface area contributed by atoms with Gasteiger partial charge in [0.1, 0.15) is 0 Å². The van der Waals surface area contributed by atoms with Crippen molar-refractivity contribution in [2.45, 2.75) is 25.0 Å². The topological polar surface area (TPSA) is 0 Å². The van der Waals surface area contributed by atoms with Crippen molar-refractivity contribution < 1.29 is 0 Å². The van der Waals surface area contributed by atoms with E-state index in [1.165, 1.54) is 24.2 Å². The van der Waals surface area contributed by atoms with Crippen LogP contribution in [0, 0.1) is 0 Å². The molecule has 0 aliphatic carbocycles. The van der Waals surface area contributed by atoms with Gasteiger partial charge in [0.15, 0.2) is 0 Å². The molecule has 1 aliphatic rings. The van der Waals surface area contributed by atoms with E-state index in [1.807, 2.05) is 0 Å². The lowest BCUT2D eigenvalue weighted by molar-refractivity contribution is 0.854. The van der Waals surface area contributed by atoms with E-state index in [9.17, 15) is 0 Å². The molecule has 1 heteroatoms. The summed E-state index contributed by atoms with van der Waals surface area (Å²) in [5.41, 5.74) is 1.35. The Morgan fingerprint density at radius 1 is 1.75 bits per heavy atom. The summed E-state index contributed by atoms with van der Waals surface area (Å²) in [6.45, 7) is 6.04. The monoisotopic (exact) mass is 128 g/mol. The zero-order chi connectivity index (χ0) is 5.98. The Bertz CT molecular complexity index is 90.6. The minimum absolute atomic E-state index is 0.787. The van der Waals surface area contributed by atoms with E-state index in [-0.39, 0.29) is 0 Å². The molecule has 1 aliphatic heterocycles. The predicted molar refractivity (Wildman–Crippen MR) is 40.3 cm³/mol. The third-order valence-electron chi connectivity index (χ3n) is 1.48. The van der Waals surface area contributed by atoms with Gasteiger partial charge in [0.2, 0.25) is 0 Å². The number of thioether (sulfide) groups is 1. The lowest BCUT2D eigenvalue weighted by Gasteiger charge is -2.04. The highest BCUT2D eigenvalue weighted by molar-refractivity contribution is 8.00. The van der Waals surface area contributed by atoms with Gasteiger partial charge in [-0.05, 0) is 25.5 Å². The van der Waals surface area contributed by atoms with Crippen molar-refractivity contribution in [1.29, 1.82) is 0 Å². The summed E-state index contributed by atoms with van der Waals surface area (Å²) in [5, 5.41) is 0.787. The van der Waals surface area contributed by atoms with Crippen molar-refractivity contribution in [2.24, 2.45) is 0 Å². The van der Waals surface area contributed by atoms with Crippen LogP contribution in [0.1, 0.15) is 19.8 Å². The highest BCUT2D eigenvalue weighted by Crippen LogP contribution is 2.30. The smallest absolute Gasteiger partial charge is 0.0251 e. The average Bonchev–Trinajstić information content (AvgIpc) is 2.12. The van der Waals surface area contributed by atoms with Crippen molar-refractivity contribution in [2.75, 3.05) is 5.75 Å². The van der Waals surface area contributed by atoms with E-state index in [4.69, 9.17) is 0 Å². The Kier molecular flexibility index (Phi) is 2.01. The Morgan fingerprint density at radius 3 is 2.75 bits per heavy atom. The second kappa shape index (κ2) is 2.58. The van der Waals surface area contributed by atoms with E-state index < -0.39 is 0 Å². The van der Waals surface area contributed by atoms with Gasteiger partial charge in [-0.1, -0.05) is 12.2 Å². The van der Waals surface area contributed by atoms with Gasteiger partial charge in [0.05, 0.1) is 0 Å². The molecule has 0 aromatic rings. The first-order valence-corrected chi connectivity index (χ1v) is 4.12. The zero-order valence-electron chi connectivity index (χ0n) is 5.31. The molecule has 1 rings (SSSR count). The number of hydrogen-bond donors (Lipinski definition) is 0. The summed E-state index contributed by atoms with van der Waals surface area (Å²) in [6, 6.07) is 0. The van der Waals surface area contributed by atoms with Crippen molar-refractivity contribution in [1.82, 2.24) is 0 Å². The summed E-state index contributed by atoms with van der Waals surface area (Å²) < 4.78 is 0. The molecule has 46 valence electrons. The second-order valence-corrected chi connectivity index (χ2v) is 3.66. The van der Waals surface area contributed by atoms with Crippen molar-refractivity contribution in [3.05, 3.63) is 12.2 Å². The fraction of sp³-hybridized carbons (Fsp3) is 0.714. The maximum atomic E-state index is 3.92. The van der Waals surface area contributed by atoms with Crippen LogP contribution in [0.4, 0.5) is 0 Å². The van der Waals surface area contributed by atoms with Crippen LogP contribution < -0.4 is 0 Å². The molecule has 8 heavy (non-hydrogen) atoms. The van der Waals surface area contributed by atoms with E-state index in [0.29, 0.717) is 0 Å². The molecule has 0 bridgehead atoms. The third-order valence-corrected chi connectivity index (χ3v) is 3.04. The van der Waals surface area contributed by atoms with Crippen LogP contribution in [-0.4, -0.2) is 11.0 Å². The predicted octanol–water partition coefficient (Wildman–Crippen LogP) is 2.46. The maximum absolute atomic E-state index is 3.92. The SMILES string of the molecule is C=C(C)[C@@H]1CCCS1. The molecular formula is C7H12S. The zero-order valence-corrected chi connectivity index (χ0v) is 6.13. The van der Waals surface area contributed by atoms with Gasteiger partial charge in [-0.25, -0.2) is 0 Å². The molecule has 0 amide bonds. The highest BCUT2D eigenvalue weighted by Gasteiger charge is 2.14. The van der Waals surface area contributed by atoms with Gasteiger partial charge in [-0.2, -0.15) is 11.8 Å². The van der Waals surface area contributed by atoms with Crippen LogP contribution >= 0.6 is 11.8 Å². The van der Waals surface area contributed by atoms with Gasteiger partial charge in [-0.3, -0.25) is 0 Å². The Labute approximate surface area is 55.4 Å². The normalized spacial score (nSPS) is 28.4. The molecule has 0 spiro atoms. The van der Waals surface area contributed by atoms with Crippen LogP contribution in [0.3, 0.4) is 0 Å². The Hall–Kier alpha value is 0.0900. The molecule has 0 nitrogen and oxygen atoms in total. The quantitative estimate of drug-likeness (QED) is 0.489. The molecule has 0 aromatic carbocycles. The molecule has 1 fully saturated rings. The largest absolute Gasteiger partial charge is 0.154 e. The molecule has 1 saturated heterocycles. The van der Waals surface area contributed by atoms with E-state index >= 15 is 0 Å². The summed E-state index contributed by atoms with van der Waals surface area (Å²) in [5.74, 6) is 1.34. The lowest BCUT2D eigenvalue weighted by atomic mass is 10.1. The van der Waals surface area contributed by atoms with Gasteiger partial charge in [-0.15, -0.1) is 0 Å². The van der Waals surface area contributed by atoms with Gasteiger partial charge >= 0.3 is 0 Å². The van der Waals surface area contributed by atoms with Crippen molar-refractivity contribution in [3.63, 3.8) is 0 Å². The first-order valence-electron chi connectivity index (χ1n) is 3.07. The summed E-state index contributed by atoms with van der Waals surface area (Å²) in [4.78, 5) is 0. The minimum Gasteiger partial charge on any atom is -0.154 e. The average molecular weight is 128 g/mol. The van der Waals surface area contributed by atoms with Crippen LogP contribution in [0.5, 0.6) is 0 Å². The summed E-state index contributed by atoms with van der Waals surface area (Å²) in [7, 11) is 0. The Balaban J connectivity index is 2.35. The minimum atomic E-state index is 0.787. The van der Waals surface area contributed by atoms with Crippen molar-refractivity contribution in [3.8, 4) is 0 Å². The second-order valence-electron chi connectivity index (χ2n) is 2.35.